The largest absolute Gasteiger partial charge is 0.378 e. The molecule has 1 rings (SSSR count). The molecule has 0 aliphatic heterocycles. The quantitative estimate of drug-likeness (QED) is 0.720. The molecule has 0 heterocycles. The maximum atomic E-state index is 3.04. The predicted octanol–water partition coefficient (Wildman–Crippen LogP) is 1.98. The summed E-state index contributed by atoms with van der Waals surface area (Å²) in [6.45, 7) is 0. The van der Waals surface area contributed by atoms with Crippen LogP contribution in [-0.4, -0.2) is 21.1 Å². The second-order valence-electron chi connectivity index (χ2n) is 2.69. The first-order valence-corrected chi connectivity index (χ1v) is 4.66. The van der Waals surface area contributed by atoms with E-state index in [0.717, 1.165) is 0 Å². The van der Waals surface area contributed by atoms with Crippen molar-refractivity contribution >= 4 is 17.6 Å². The van der Waals surface area contributed by atoms with Crippen molar-refractivity contribution in [1.82, 2.24) is 4.72 Å². The van der Waals surface area contributed by atoms with Gasteiger partial charge < -0.3 is 4.90 Å². The average molecular weight is 182 g/mol. The lowest BCUT2D eigenvalue weighted by Crippen LogP contribution is -2.07. The molecule has 0 bridgehead atoms. The molecule has 0 aromatic heterocycles. The maximum absolute atomic E-state index is 3.04. The number of benzene rings is 1. The molecule has 2 nitrogen and oxygen atoms in total. The molecule has 66 valence electrons. The molecule has 0 aliphatic carbocycles. The van der Waals surface area contributed by atoms with Gasteiger partial charge in [-0.15, -0.1) is 0 Å². The van der Waals surface area contributed by atoms with Crippen molar-refractivity contribution in [3.05, 3.63) is 24.3 Å². The summed E-state index contributed by atoms with van der Waals surface area (Å²) in [6, 6.07) is 8.44. The number of nitrogens with one attached hydrogen (secondary N) is 1. The third-order valence-corrected chi connectivity index (χ3v) is 2.29. The highest BCUT2D eigenvalue weighted by molar-refractivity contribution is 7.97. The lowest BCUT2D eigenvalue weighted by molar-refractivity contribution is 1.13. The van der Waals surface area contributed by atoms with E-state index in [1.165, 1.54) is 10.6 Å². The molecule has 3 heteroatoms. The summed E-state index contributed by atoms with van der Waals surface area (Å²) < 4.78 is 3.04. The summed E-state index contributed by atoms with van der Waals surface area (Å²) in [7, 11) is 6.00. The van der Waals surface area contributed by atoms with Gasteiger partial charge in [-0.3, -0.25) is 4.72 Å². The van der Waals surface area contributed by atoms with Crippen LogP contribution in [0.1, 0.15) is 0 Å². The van der Waals surface area contributed by atoms with Gasteiger partial charge in [-0.25, -0.2) is 0 Å². The van der Waals surface area contributed by atoms with Crippen LogP contribution in [0.4, 0.5) is 5.69 Å². The maximum Gasteiger partial charge on any atom is 0.0361 e. The minimum atomic E-state index is 1.23. The second kappa shape index (κ2) is 4.38. The van der Waals surface area contributed by atoms with Crippen LogP contribution in [0.25, 0.3) is 0 Å². The van der Waals surface area contributed by atoms with Crippen molar-refractivity contribution in [3.8, 4) is 0 Å². The molecular formula is C9H14N2S. The molecule has 0 unspecified atom stereocenters. The van der Waals surface area contributed by atoms with E-state index in [-0.39, 0.29) is 0 Å². The molecule has 0 saturated heterocycles. The van der Waals surface area contributed by atoms with E-state index in [4.69, 9.17) is 0 Å². The molecule has 1 aromatic carbocycles. The van der Waals surface area contributed by atoms with E-state index < -0.39 is 0 Å². The Morgan fingerprint density at radius 3 is 2.17 bits per heavy atom. The Morgan fingerprint density at radius 2 is 1.75 bits per heavy atom. The smallest absolute Gasteiger partial charge is 0.0361 e. The molecule has 12 heavy (non-hydrogen) atoms. The van der Waals surface area contributed by atoms with Gasteiger partial charge in [0.05, 0.1) is 0 Å². The first kappa shape index (κ1) is 9.42. The molecule has 0 aliphatic rings. The third-order valence-electron chi connectivity index (χ3n) is 1.57. The van der Waals surface area contributed by atoms with Gasteiger partial charge >= 0.3 is 0 Å². The number of anilines is 1. The van der Waals surface area contributed by atoms with E-state index >= 15 is 0 Å². The third kappa shape index (κ3) is 2.43. The van der Waals surface area contributed by atoms with Crippen LogP contribution in [0.3, 0.4) is 0 Å². The summed E-state index contributed by atoms with van der Waals surface area (Å²) >= 11 is 1.63. The minimum Gasteiger partial charge on any atom is -0.378 e. The monoisotopic (exact) mass is 182 g/mol. The number of hydrogen-bond acceptors (Lipinski definition) is 3. The highest BCUT2D eigenvalue weighted by atomic mass is 32.2. The second-order valence-corrected chi connectivity index (χ2v) is 3.78. The first-order valence-electron chi connectivity index (χ1n) is 3.85. The van der Waals surface area contributed by atoms with Crippen molar-refractivity contribution in [2.45, 2.75) is 4.90 Å². The van der Waals surface area contributed by atoms with Gasteiger partial charge in [0, 0.05) is 24.7 Å². The SMILES string of the molecule is CNSc1ccc(N(C)C)cc1. The average Bonchev–Trinajstić information content (AvgIpc) is 2.06. The lowest BCUT2D eigenvalue weighted by Gasteiger charge is -2.12. The molecule has 0 saturated carbocycles. The fourth-order valence-electron chi connectivity index (χ4n) is 0.930. The molecule has 0 amide bonds. The summed E-state index contributed by atoms with van der Waals surface area (Å²) in [5.74, 6) is 0. The summed E-state index contributed by atoms with van der Waals surface area (Å²) in [5, 5.41) is 0. The van der Waals surface area contributed by atoms with Gasteiger partial charge in [-0.2, -0.15) is 0 Å². The van der Waals surface area contributed by atoms with Gasteiger partial charge in [-0.1, -0.05) is 0 Å². The van der Waals surface area contributed by atoms with Crippen LogP contribution in [0.5, 0.6) is 0 Å². The zero-order chi connectivity index (χ0) is 8.97. The van der Waals surface area contributed by atoms with E-state index in [2.05, 4.69) is 33.9 Å². The Kier molecular flexibility index (Phi) is 3.44. The summed E-state index contributed by atoms with van der Waals surface area (Å²) in [4.78, 5) is 3.33. The fourth-order valence-corrected chi connectivity index (χ4v) is 1.44. The van der Waals surface area contributed by atoms with Crippen molar-refractivity contribution in [1.29, 1.82) is 0 Å². The summed E-state index contributed by atoms with van der Waals surface area (Å²) in [6.07, 6.45) is 0. The fraction of sp³-hybridized carbons (Fsp3) is 0.333. The van der Waals surface area contributed by atoms with E-state index in [1.807, 2.05) is 21.1 Å². The molecule has 0 spiro atoms. The van der Waals surface area contributed by atoms with Crippen molar-refractivity contribution in [2.75, 3.05) is 26.0 Å². The first-order chi connectivity index (χ1) is 5.74. The summed E-state index contributed by atoms with van der Waals surface area (Å²) in [5.41, 5.74) is 1.23. The molecular weight excluding hydrogens is 168 g/mol. The van der Waals surface area contributed by atoms with Crippen LogP contribution in [0, 0.1) is 0 Å². The molecule has 0 atom stereocenters. The zero-order valence-corrected chi connectivity index (χ0v) is 8.48. The molecule has 1 N–H and O–H groups in total. The molecule has 0 fully saturated rings. The van der Waals surface area contributed by atoms with E-state index in [9.17, 15) is 0 Å². The Bertz CT molecular complexity index is 231. The number of rotatable bonds is 3. The van der Waals surface area contributed by atoms with Gasteiger partial charge in [0.25, 0.3) is 0 Å². The van der Waals surface area contributed by atoms with E-state index in [1.54, 1.807) is 11.9 Å². The Balaban J connectivity index is 2.71. The van der Waals surface area contributed by atoms with Crippen LogP contribution in [-0.2, 0) is 0 Å². The lowest BCUT2D eigenvalue weighted by atomic mass is 10.3. The van der Waals surface area contributed by atoms with Crippen LogP contribution < -0.4 is 9.62 Å². The van der Waals surface area contributed by atoms with Crippen LogP contribution in [0.15, 0.2) is 29.2 Å². The van der Waals surface area contributed by atoms with Crippen LogP contribution in [0.2, 0.25) is 0 Å². The van der Waals surface area contributed by atoms with Crippen molar-refractivity contribution in [3.63, 3.8) is 0 Å². The Labute approximate surface area is 78.1 Å². The van der Waals surface area contributed by atoms with Crippen molar-refractivity contribution < 1.29 is 0 Å². The minimum absolute atomic E-state index is 1.23. The number of nitrogens with zero attached hydrogens (tertiary/aromatic N) is 1. The van der Waals surface area contributed by atoms with Gasteiger partial charge in [0.15, 0.2) is 0 Å². The molecule has 0 radical (unpaired) electrons. The van der Waals surface area contributed by atoms with E-state index in [0.29, 0.717) is 0 Å². The normalized spacial score (nSPS) is 9.92. The van der Waals surface area contributed by atoms with Gasteiger partial charge in [0.2, 0.25) is 0 Å². The topological polar surface area (TPSA) is 15.3 Å². The van der Waals surface area contributed by atoms with Crippen molar-refractivity contribution in [2.24, 2.45) is 0 Å². The Morgan fingerprint density at radius 1 is 1.17 bits per heavy atom. The zero-order valence-electron chi connectivity index (χ0n) is 7.66. The predicted molar refractivity (Wildman–Crippen MR) is 55.7 cm³/mol. The standard InChI is InChI=1S/C9H14N2S/c1-10-12-9-6-4-8(5-7-9)11(2)3/h4-7,10H,1-3H3. The Hall–Kier alpha value is -0.670. The highest BCUT2D eigenvalue weighted by Gasteiger charge is 1.94. The highest BCUT2D eigenvalue weighted by Crippen LogP contribution is 2.18. The molecule has 1 aromatic rings. The van der Waals surface area contributed by atoms with Gasteiger partial charge in [-0.05, 0) is 43.3 Å². The van der Waals surface area contributed by atoms with Gasteiger partial charge in [0.1, 0.15) is 0 Å². The number of hydrogen-bond donors (Lipinski definition) is 1. The van der Waals surface area contributed by atoms with Crippen LogP contribution >= 0.6 is 11.9 Å².